The Morgan fingerprint density at radius 1 is 1.48 bits per heavy atom. The van der Waals surface area contributed by atoms with E-state index in [2.05, 4.69) is 32.8 Å². The summed E-state index contributed by atoms with van der Waals surface area (Å²) in [4.78, 5) is 11.5. The summed E-state index contributed by atoms with van der Waals surface area (Å²) in [6, 6.07) is 6.17. The normalized spacial score (nSPS) is 17.1. The van der Waals surface area contributed by atoms with Gasteiger partial charge in [0.15, 0.2) is 0 Å². The van der Waals surface area contributed by atoms with E-state index in [4.69, 9.17) is 9.52 Å². The van der Waals surface area contributed by atoms with Crippen LogP contribution in [-0.4, -0.2) is 33.1 Å². The van der Waals surface area contributed by atoms with Crippen LogP contribution in [0.15, 0.2) is 34.3 Å². The Morgan fingerprint density at radius 2 is 2.40 bits per heavy atom. The van der Waals surface area contributed by atoms with Crippen LogP contribution < -0.4 is 0 Å². The summed E-state index contributed by atoms with van der Waals surface area (Å²) >= 11 is 1.69. The molecule has 0 saturated heterocycles. The van der Waals surface area contributed by atoms with Gasteiger partial charge < -0.3 is 14.5 Å². The van der Waals surface area contributed by atoms with Crippen molar-refractivity contribution >= 4 is 11.3 Å². The number of aryl methyl sites for hydroxylation is 1. The van der Waals surface area contributed by atoms with Crippen LogP contribution >= 0.6 is 11.3 Å². The molecule has 0 fully saturated rings. The number of aliphatic hydroxyl groups excluding tert-OH is 1. The summed E-state index contributed by atoms with van der Waals surface area (Å²) in [6.45, 7) is 3.62. The number of furan rings is 1. The molecule has 0 amide bonds. The summed E-state index contributed by atoms with van der Waals surface area (Å²) < 4.78 is 5.93. The molecule has 1 unspecified atom stereocenters. The maximum atomic E-state index is 8.83. The van der Waals surface area contributed by atoms with Crippen molar-refractivity contribution in [2.75, 3.05) is 13.2 Å². The average Bonchev–Trinajstić information content (AvgIpc) is 3.34. The molecule has 1 aliphatic heterocycles. The first-order valence-corrected chi connectivity index (χ1v) is 9.12. The SMILES string of the molecule is Cc1ccc(C2c3nc[nH]c3CCN2Cc2cc(C#CCO)cs2)o1. The van der Waals surface area contributed by atoms with Crippen LogP contribution in [0.1, 0.15) is 39.4 Å². The van der Waals surface area contributed by atoms with E-state index in [1.807, 2.05) is 24.4 Å². The zero-order valence-corrected chi connectivity index (χ0v) is 14.8. The molecular weight excluding hydrogens is 334 g/mol. The van der Waals surface area contributed by atoms with Crippen molar-refractivity contribution in [1.82, 2.24) is 14.9 Å². The van der Waals surface area contributed by atoms with Crippen molar-refractivity contribution in [3.63, 3.8) is 0 Å². The second-order valence-electron chi connectivity index (χ2n) is 6.10. The number of aromatic nitrogens is 2. The molecule has 128 valence electrons. The topological polar surface area (TPSA) is 65.3 Å². The average molecular weight is 353 g/mol. The van der Waals surface area contributed by atoms with E-state index in [0.717, 1.165) is 42.3 Å². The number of H-pyrrole nitrogens is 1. The molecule has 2 N–H and O–H groups in total. The molecule has 3 aromatic heterocycles. The van der Waals surface area contributed by atoms with E-state index in [0.29, 0.717) is 0 Å². The molecule has 4 rings (SSSR count). The third-order valence-corrected chi connectivity index (χ3v) is 5.30. The van der Waals surface area contributed by atoms with Crippen LogP contribution in [0, 0.1) is 18.8 Å². The molecule has 0 spiro atoms. The third kappa shape index (κ3) is 3.27. The van der Waals surface area contributed by atoms with Crippen LogP contribution in [0.4, 0.5) is 0 Å². The lowest BCUT2D eigenvalue weighted by Crippen LogP contribution is -2.35. The first-order chi connectivity index (χ1) is 12.2. The minimum Gasteiger partial charge on any atom is -0.464 e. The summed E-state index contributed by atoms with van der Waals surface area (Å²) in [7, 11) is 0. The predicted octanol–water partition coefficient (Wildman–Crippen LogP) is 2.86. The zero-order chi connectivity index (χ0) is 17.2. The zero-order valence-electron chi connectivity index (χ0n) is 14.0. The van der Waals surface area contributed by atoms with Crippen molar-refractivity contribution < 1.29 is 9.52 Å². The number of hydrogen-bond acceptors (Lipinski definition) is 5. The summed E-state index contributed by atoms with van der Waals surface area (Å²) in [5.41, 5.74) is 3.20. The summed E-state index contributed by atoms with van der Waals surface area (Å²) in [5, 5.41) is 10.9. The first-order valence-electron chi connectivity index (χ1n) is 8.24. The standard InChI is InChI=1S/C19H19N3O2S/c1-13-4-5-17(24-13)19-18-16(20-12-21-18)6-7-22(19)10-15-9-14(11-25-15)3-2-8-23/h4-5,9,11-12,19,23H,6-8,10H2,1H3,(H,20,21). The Kier molecular flexibility index (Phi) is 4.45. The van der Waals surface area contributed by atoms with Gasteiger partial charge in [0.2, 0.25) is 0 Å². The Morgan fingerprint density at radius 3 is 3.20 bits per heavy atom. The Bertz CT molecular complexity index is 928. The van der Waals surface area contributed by atoms with Gasteiger partial charge in [-0.15, -0.1) is 11.3 Å². The molecule has 6 heteroatoms. The Balaban J connectivity index is 1.62. The van der Waals surface area contributed by atoms with Gasteiger partial charge in [-0.1, -0.05) is 11.8 Å². The van der Waals surface area contributed by atoms with Crippen molar-refractivity contribution in [2.45, 2.75) is 25.9 Å². The van der Waals surface area contributed by atoms with E-state index < -0.39 is 0 Å². The number of imidazole rings is 1. The van der Waals surface area contributed by atoms with Crippen LogP contribution in [-0.2, 0) is 13.0 Å². The number of aromatic amines is 1. The molecule has 5 nitrogen and oxygen atoms in total. The maximum absolute atomic E-state index is 8.83. The van der Waals surface area contributed by atoms with Crippen molar-refractivity contribution in [3.8, 4) is 11.8 Å². The molecule has 0 aliphatic carbocycles. The van der Waals surface area contributed by atoms with Crippen LogP contribution in [0.3, 0.4) is 0 Å². The molecule has 0 saturated carbocycles. The summed E-state index contributed by atoms with van der Waals surface area (Å²) in [5.74, 6) is 7.51. The van der Waals surface area contributed by atoms with Crippen LogP contribution in [0.2, 0.25) is 0 Å². The predicted molar refractivity (Wildman–Crippen MR) is 96.3 cm³/mol. The fourth-order valence-electron chi connectivity index (χ4n) is 3.28. The quantitative estimate of drug-likeness (QED) is 0.711. The van der Waals surface area contributed by atoms with Crippen molar-refractivity contribution in [3.05, 3.63) is 63.3 Å². The molecule has 3 aromatic rings. The maximum Gasteiger partial charge on any atom is 0.127 e. The lowest BCUT2D eigenvalue weighted by molar-refractivity contribution is 0.179. The molecule has 0 bridgehead atoms. The van der Waals surface area contributed by atoms with Gasteiger partial charge in [0, 0.05) is 41.0 Å². The van der Waals surface area contributed by atoms with Crippen LogP contribution in [0.25, 0.3) is 0 Å². The van der Waals surface area contributed by atoms with E-state index in [9.17, 15) is 0 Å². The molecule has 0 radical (unpaired) electrons. The minimum absolute atomic E-state index is 0.0257. The largest absolute Gasteiger partial charge is 0.464 e. The van der Waals surface area contributed by atoms with Gasteiger partial charge >= 0.3 is 0 Å². The molecule has 1 aliphatic rings. The van der Waals surface area contributed by atoms with Gasteiger partial charge in [-0.25, -0.2) is 4.98 Å². The molecule has 25 heavy (non-hydrogen) atoms. The molecular formula is C19H19N3O2S. The van der Waals surface area contributed by atoms with Crippen molar-refractivity contribution in [1.29, 1.82) is 0 Å². The number of nitrogens with one attached hydrogen (secondary N) is 1. The van der Waals surface area contributed by atoms with Gasteiger partial charge in [-0.3, -0.25) is 4.90 Å². The minimum atomic E-state index is -0.112. The molecule has 4 heterocycles. The monoisotopic (exact) mass is 353 g/mol. The second kappa shape index (κ2) is 6.89. The number of rotatable bonds is 3. The van der Waals surface area contributed by atoms with Gasteiger partial charge in [-0.2, -0.15) is 0 Å². The highest BCUT2D eigenvalue weighted by Crippen LogP contribution is 2.35. The number of hydrogen-bond donors (Lipinski definition) is 2. The highest BCUT2D eigenvalue weighted by Gasteiger charge is 2.33. The van der Waals surface area contributed by atoms with E-state index in [1.165, 1.54) is 10.6 Å². The lowest BCUT2D eigenvalue weighted by atomic mass is 10.0. The third-order valence-electron chi connectivity index (χ3n) is 4.38. The highest BCUT2D eigenvalue weighted by molar-refractivity contribution is 7.10. The second-order valence-corrected chi connectivity index (χ2v) is 7.10. The lowest BCUT2D eigenvalue weighted by Gasteiger charge is -2.33. The fourth-order valence-corrected chi connectivity index (χ4v) is 4.12. The summed E-state index contributed by atoms with van der Waals surface area (Å²) in [6.07, 6.45) is 2.72. The Labute approximate surface area is 150 Å². The smallest absolute Gasteiger partial charge is 0.127 e. The van der Waals surface area contributed by atoms with E-state index in [-0.39, 0.29) is 12.6 Å². The molecule has 1 atom stereocenters. The van der Waals surface area contributed by atoms with Crippen LogP contribution in [0.5, 0.6) is 0 Å². The highest BCUT2D eigenvalue weighted by atomic mass is 32.1. The van der Waals surface area contributed by atoms with Gasteiger partial charge in [0.05, 0.1) is 12.0 Å². The number of fused-ring (bicyclic) bond motifs is 1. The number of aliphatic hydroxyl groups is 1. The van der Waals surface area contributed by atoms with E-state index in [1.54, 1.807) is 17.7 Å². The van der Waals surface area contributed by atoms with Gasteiger partial charge in [0.1, 0.15) is 24.2 Å². The van der Waals surface area contributed by atoms with Gasteiger partial charge in [-0.05, 0) is 25.1 Å². The van der Waals surface area contributed by atoms with Crippen molar-refractivity contribution in [2.24, 2.45) is 0 Å². The van der Waals surface area contributed by atoms with Gasteiger partial charge in [0.25, 0.3) is 0 Å². The van der Waals surface area contributed by atoms with E-state index >= 15 is 0 Å². The first kappa shape index (κ1) is 16.2. The number of nitrogens with zero attached hydrogens (tertiary/aromatic N) is 2. The molecule has 0 aromatic carbocycles. The fraction of sp³-hybridized carbons (Fsp3) is 0.316. The number of thiophene rings is 1. The Hall–Kier alpha value is -2.33.